The topological polar surface area (TPSA) is 41.6 Å². The number of ether oxygens (including phenoxy) is 1. The van der Waals surface area contributed by atoms with Crippen molar-refractivity contribution < 1.29 is 18.3 Å². The number of halogens is 2. The Labute approximate surface area is 116 Å². The SMILES string of the molecule is CNC[C@@H]1CCCN1C(=O)COc1ccc(F)cc1F. The van der Waals surface area contributed by atoms with Gasteiger partial charge >= 0.3 is 0 Å². The van der Waals surface area contributed by atoms with Crippen LogP contribution >= 0.6 is 0 Å². The van der Waals surface area contributed by atoms with Crippen molar-refractivity contribution in [3.05, 3.63) is 29.8 Å². The van der Waals surface area contributed by atoms with Gasteiger partial charge in [-0.1, -0.05) is 0 Å². The highest BCUT2D eigenvalue weighted by molar-refractivity contribution is 5.78. The first-order valence-corrected chi connectivity index (χ1v) is 6.63. The number of nitrogens with zero attached hydrogens (tertiary/aromatic N) is 1. The molecule has 0 bridgehead atoms. The van der Waals surface area contributed by atoms with Gasteiger partial charge in [-0.05, 0) is 32.0 Å². The van der Waals surface area contributed by atoms with E-state index in [1.54, 1.807) is 4.90 Å². The van der Waals surface area contributed by atoms with Gasteiger partial charge in [0.1, 0.15) is 5.82 Å². The molecule has 1 aliphatic heterocycles. The van der Waals surface area contributed by atoms with Gasteiger partial charge in [-0.25, -0.2) is 8.78 Å². The van der Waals surface area contributed by atoms with Crippen molar-refractivity contribution in [2.45, 2.75) is 18.9 Å². The lowest BCUT2D eigenvalue weighted by atomic mass is 10.2. The molecule has 1 aromatic carbocycles. The van der Waals surface area contributed by atoms with Crippen molar-refractivity contribution in [1.82, 2.24) is 10.2 Å². The van der Waals surface area contributed by atoms with Gasteiger partial charge in [0.2, 0.25) is 0 Å². The molecular formula is C14H18F2N2O2. The zero-order chi connectivity index (χ0) is 14.5. The molecule has 0 radical (unpaired) electrons. The van der Waals surface area contributed by atoms with Crippen molar-refractivity contribution >= 4 is 5.91 Å². The van der Waals surface area contributed by atoms with Crippen LogP contribution in [0.15, 0.2) is 18.2 Å². The summed E-state index contributed by atoms with van der Waals surface area (Å²) in [4.78, 5) is 13.8. The maximum atomic E-state index is 13.4. The minimum Gasteiger partial charge on any atom is -0.481 e. The van der Waals surface area contributed by atoms with E-state index in [1.165, 1.54) is 6.07 Å². The number of hydrogen-bond acceptors (Lipinski definition) is 3. The summed E-state index contributed by atoms with van der Waals surface area (Å²) < 4.78 is 31.3. The van der Waals surface area contributed by atoms with Crippen LogP contribution in [0.2, 0.25) is 0 Å². The maximum absolute atomic E-state index is 13.4. The van der Waals surface area contributed by atoms with E-state index in [0.717, 1.165) is 31.5 Å². The third-order valence-electron chi connectivity index (χ3n) is 3.38. The van der Waals surface area contributed by atoms with Crippen molar-refractivity contribution in [1.29, 1.82) is 0 Å². The van der Waals surface area contributed by atoms with Crippen LogP contribution in [0.3, 0.4) is 0 Å². The van der Waals surface area contributed by atoms with E-state index in [9.17, 15) is 13.6 Å². The molecule has 2 rings (SSSR count). The average molecular weight is 284 g/mol. The summed E-state index contributed by atoms with van der Waals surface area (Å²) in [5, 5.41) is 3.05. The van der Waals surface area contributed by atoms with Crippen LogP contribution in [0.1, 0.15) is 12.8 Å². The van der Waals surface area contributed by atoms with Crippen LogP contribution in [0.4, 0.5) is 8.78 Å². The number of likely N-dealkylation sites (N-methyl/N-ethyl adjacent to an activating group) is 1. The highest BCUT2D eigenvalue weighted by Crippen LogP contribution is 2.19. The van der Waals surface area contributed by atoms with Crippen LogP contribution in [0, 0.1) is 11.6 Å². The zero-order valence-electron chi connectivity index (χ0n) is 11.4. The Balaban J connectivity index is 1.91. The molecule has 4 nitrogen and oxygen atoms in total. The molecule has 0 saturated carbocycles. The van der Waals surface area contributed by atoms with E-state index in [2.05, 4.69) is 5.32 Å². The number of benzene rings is 1. The Hall–Kier alpha value is -1.69. The molecule has 1 N–H and O–H groups in total. The monoisotopic (exact) mass is 284 g/mol. The van der Waals surface area contributed by atoms with E-state index >= 15 is 0 Å². The molecule has 20 heavy (non-hydrogen) atoms. The van der Waals surface area contributed by atoms with Gasteiger partial charge in [0, 0.05) is 25.2 Å². The lowest BCUT2D eigenvalue weighted by molar-refractivity contribution is -0.134. The number of nitrogens with one attached hydrogen (secondary N) is 1. The largest absolute Gasteiger partial charge is 0.481 e. The van der Waals surface area contributed by atoms with E-state index in [4.69, 9.17) is 4.74 Å². The highest BCUT2D eigenvalue weighted by Gasteiger charge is 2.28. The Morgan fingerprint density at radius 2 is 2.30 bits per heavy atom. The van der Waals surface area contributed by atoms with Gasteiger partial charge in [-0.15, -0.1) is 0 Å². The van der Waals surface area contributed by atoms with E-state index in [-0.39, 0.29) is 24.3 Å². The smallest absolute Gasteiger partial charge is 0.260 e. The molecule has 1 heterocycles. The minimum atomic E-state index is -0.800. The lowest BCUT2D eigenvalue weighted by Crippen LogP contribution is -2.43. The number of hydrogen-bond donors (Lipinski definition) is 1. The summed E-state index contributed by atoms with van der Waals surface area (Å²) in [6.45, 7) is 1.19. The van der Waals surface area contributed by atoms with Crippen molar-refractivity contribution in [2.24, 2.45) is 0 Å². The predicted molar refractivity (Wildman–Crippen MR) is 70.5 cm³/mol. The predicted octanol–water partition coefficient (Wildman–Crippen LogP) is 1.55. The van der Waals surface area contributed by atoms with Gasteiger partial charge in [0.25, 0.3) is 5.91 Å². The average Bonchev–Trinajstić information content (AvgIpc) is 2.86. The first kappa shape index (κ1) is 14.7. The van der Waals surface area contributed by atoms with Gasteiger partial charge in [0.15, 0.2) is 18.2 Å². The van der Waals surface area contributed by atoms with Gasteiger partial charge in [-0.3, -0.25) is 4.79 Å². The van der Waals surface area contributed by atoms with E-state index in [0.29, 0.717) is 6.54 Å². The standard InChI is InChI=1S/C14H18F2N2O2/c1-17-8-11-3-2-6-18(11)14(19)9-20-13-5-4-10(15)7-12(13)16/h4-5,7,11,17H,2-3,6,8-9H2,1H3/t11-/m0/s1. The second-order valence-corrected chi connectivity index (χ2v) is 4.80. The van der Waals surface area contributed by atoms with Crippen LogP contribution in [-0.2, 0) is 4.79 Å². The molecule has 6 heteroatoms. The van der Waals surface area contributed by atoms with Crippen molar-refractivity contribution in [3.8, 4) is 5.75 Å². The fourth-order valence-corrected chi connectivity index (χ4v) is 2.43. The molecule has 0 aromatic heterocycles. The number of carbonyl (C=O) groups is 1. The summed E-state index contributed by atoms with van der Waals surface area (Å²) >= 11 is 0. The molecule has 0 spiro atoms. The van der Waals surface area contributed by atoms with Crippen molar-refractivity contribution in [3.63, 3.8) is 0 Å². The first-order chi connectivity index (χ1) is 9.61. The van der Waals surface area contributed by atoms with Crippen molar-refractivity contribution in [2.75, 3.05) is 26.7 Å². The first-order valence-electron chi connectivity index (χ1n) is 6.63. The molecule has 0 unspecified atom stereocenters. The molecule has 1 amide bonds. The highest BCUT2D eigenvalue weighted by atomic mass is 19.1. The quantitative estimate of drug-likeness (QED) is 0.892. The summed E-state index contributed by atoms with van der Waals surface area (Å²) in [5.74, 6) is -1.75. The lowest BCUT2D eigenvalue weighted by Gasteiger charge is -2.24. The number of likely N-dealkylation sites (tertiary alicyclic amines) is 1. The normalized spacial score (nSPS) is 18.4. The molecule has 1 fully saturated rings. The van der Waals surface area contributed by atoms with E-state index < -0.39 is 11.6 Å². The Morgan fingerprint density at radius 1 is 1.50 bits per heavy atom. The molecule has 1 saturated heterocycles. The maximum Gasteiger partial charge on any atom is 0.260 e. The van der Waals surface area contributed by atoms with Gasteiger partial charge < -0.3 is 15.0 Å². The number of carbonyl (C=O) groups excluding carboxylic acids is 1. The fourth-order valence-electron chi connectivity index (χ4n) is 2.43. The Kier molecular flexibility index (Phi) is 4.89. The number of rotatable bonds is 5. The second kappa shape index (κ2) is 6.65. The van der Waals surface area contributed by atoms with Crippen LogP contribution in [-0.4, -0.2) is 43.6 Å². The molecule has 110 valence electrons. The molecule has 0 aliphatic carbocycles. The second-order valence-electron chi connectivity index (χ2n) is 4.80. The summed E-state index contributed by atoms with van der Waals surface area (Å²) in [6.07, 6.45) is 1.92. The van der Waals surface area contributed by atoms with Crippen LogP contribution in [0.25, 0.3) is 0 Å². The molecule has 1 atom stereocenters. The Bertz CT molecular complexity index is 482. The van der Waals surface area contributed by atoms with Crippen LogP contribution in [0.5, 0.6) is 5.75 Å². The summed E-state index contributed by atoms with van der Waals surface area (Å²) in [7, 11) is 1.84. The Morgan fingerprint density at radius 3 is 3.00 bits per heavy atom. The molecular weight excluding hydrogens is 266 g/mol. The van der Waals surface area contributed by atoms with Gasteiger partial charge in [0.05, 0.1) is 0 Å². The molecule has 1 aromatic rings. The number of amides is 1. The third kappa shape index (κ3) is 3.45. The van der Waals surface area contributed by atoms with Crippen LogP contribution < -0.4 is 10.1 Å². The zero-order valence-corrected chi connectivity index (χ0v) is 11.4. The fraction of sp³-hybridized carbons (Fsp3) is 0.500. The minimum absolute atomic E-state index is 0.107. The van der Waals surface area contributed by atoms with E-state index in [1.807, 2.05) is 7.05 Å². The summed E-state index contributed by atoms with van der Waals surface area (Å²) in [5.41, 5.74) is 0. The van der Waals surface area contributed by atoms with Gasteiger partial charge in [-0.2, -0.15) is 0 Å². The third-order valence-corrected chi connectivity index (χ3v) is 3.38. The summed E-state index contributed by atoms with van der Waals surface area (Å²) in [6, 6.07) is 3.18. The molecule has 1 aliphatic rings.